The standard InChI is InChI=1S/C20H30I2O2Si/c1-3-16(2)25-15-11-7-5-4-6-8-13-18(23)17-12-9-10-14-19(17)24-20(21)22/h3,9-10,12,14,20H,4-8,11,13,15,25H2,1-2H3. The Bertz CT molecular complexity index is 544. The number of ether oxygens (including phenoxy) is 1. The van der Waals surface area contributed by atoms with Crippen LogP contribution in [0.2, 0.25) is 6.04 Å². The molecule has 0 N–H and O–H groups in total. The summed E-state index contributed by atoms with van der Waals surface area (Å²) in [5.74, 6) is 0.916. The number of allylic oxidation sites excluding steroid dienone is 2. The fourth-order valence-electron chi connectivity index (χ4n) is 2.75. The molecule has 0 saturated heterocycles. The highest BCUT2D eigenvalue weighted by atomic mass is 127. The fraction of sp³-hybridized carbons (Fsp3) is 0.550. The van der Waals surface area contributed by atoms with Gasteiger partial charge in [0.1, 0.15) is 5.75 Å². The highest BCUT2D eigenvalue weighted by molar-refractivity contribution is 14.2. The molecule has 140 valence electrons. The zero-order valence-electron chi connectivity index (χ0n) is 15.4. The van der Waals surface area contributed by atoms with Gasteiger partial charge in [0.15, 0.2) is 7.90 Å². The van der Waals surface area contributed by atoms with Crippen molar-refractivity contribution < 1.29 is 9.53 Å². The SMILES string of the molecule is CC=C(C)[SiH2]CCCCCCCCC(=O)c1ccccc1OC(I)I. The van der Waals surface area contributed by atoms with Crippen molar-refractivity contribution in [2.45, 2.75) is 67.0 Å². The number of unbranched alkanes of at least 4 members (excludes halogenated alkanes) is 5. The molecule has 0 aliphatic heterocycles. The van der Waals surface area contributed by atoms with Gasteiger partial charge in [0.05, 0.1) is 5.56 Å². The van der Waals surface area contributed by atoms with Crippen molar-refractivity contribution in [2.75, 3.05) is 0 Å². The van der Waals surface area contributed by atoms with E-state index in [1.54, 1.807) is 5.20 Å². The van der Waals surface area contributed by atoms with Gasteiger partial charge in [-0.15, -0.1) is 0 Å². The van der Waals surface area contributed by atoms with Crippen LogP contribution in [0.4, 0.5) is 0 Å². The summed E-state index contributed by atoms with van der Waals surface area (Å²) < 4.78 is 5.76. The highest BCUT2D eigenvalue weighted by Crippen LogP contribution is 2.25. The average Bonchev–Trinajstić information content (AvgIpc) is 2.59. The summed E-state index contributed by atoms with van der Waals surface area (Å²) in [5.41, 5.74) is 0.727. The molecule has 0 amide bonds. The van der Waals surface area contributed by atoms with Crippen molar-refractivity contribution in [1.29, 1.82) is 0 Å². The Labute approximate surface area is 182 Å². The highest BCUT2D eigenvalue weighted by Gasteiger charge is 2.13. The van der Waals surface area contributed by atoms with Crippen molar-refractivity contribution in [1.82, 2.24) is 0 Å². The molecule has 1 aromatic rings. The first kappa shape index (κ1) is 23.1. The lowest BCUT2D eigenvalue weighted by Gasteiger charge is -2.11. The Morgan fingerprint density at radius 1 is 1.12 bits per heavy atom. The number of carbonyl (C=O) groups excluding carboxylic acids is 1. The third-order valence-electron chi connectivity index (χ3n) is 4.37. The van der Waals surface area contributed by atoms with E-state index >= 15 is 0 Å². The van der Waals surface area contributed by atoms with E-state index in [9.17, 15) is 4.79 Å². The summed E-state index contributed by atoms with van der Waals surface area (Å²) in [5, 5.41) is 1.64. The molecule has 0 spiro atoms. The van der Waals surface area contributed by atoms with E-state index in [4.69, 9.17) is 4.74 Å². The summed E-state index contributed by atoms with van der Waals surface area (Å²) in [4.78, 5) is 12.4. The first-order valence-corrected chi connectivity index (χ1v) is 13.4. The number of Topliss-reactive ketones (excluding diaryl/α,β-unsaturated/α-hetero) is 1. The topological polar surface area (TPSA) is 26.3 Å². The third-order valence-corrected chi connectivity index (χ3v) is 6.93. The van der Waals surface area contributed by atoms with E-state index in [-0.39, 0.29) is 17.4 Å². The molecule has 0 unspecified atom stereocenters. The van der Waals surface area contributed by atoms with Crippen LogP contribution in [0.3, 0.4) is 0 Å². The van der Waals surface area contributed by atoms with Crippen LogP contribution in [0.5, 0.6) is 5.75 Å². The second-order valence-corrected chi connectivity index (χ2v) is 13.4. The number of benzene rings is 1. The molecule has 0 atom stereocenters. The minimum absolute atomic E-state index is 0.0313. The molecule has 0 radical (unpaired) electrons. The van der Waals surface area contributed by atoms with Gasteiger partial charge in [0.2, 0.25) is 0 Å². The van der Waals surface area contributed by atoms with Crippen LogP contribution >= 0.6 is 45.2 Å². The summed E-state index contributed by atoms with van der Waals surface area (Å²) >= 11 is 4.39. The van der Waals surface area contributed by atoms with Gasteiger partial charge in [0, 0.05) is 15.9 Å². The minimum Gasteiger partial charge on any atom is -0.470 e. The molecule has 25 heavy (non-hydrogen) atoms. The summed E-state index contributed by atoms with van der Waals surface area (Å²) in [6.07, 6.45) is 10.3. The van der Waals surface area contributed by atoms with Crippen molar-refractivity contribution in [3.8, 4) is 5.75 Å². The largest absolute Gasteiger partial charge is 0.470 e. The Morgan fingerprint density at radius 3 is 2.44 bits per heavy atom. The quantitative estimate of drug-likeness (QED) is 0.0855. The lowest BCUT2D eigenvalue weighted by molar-refractivity contribution is 0.0976. The fourth-order valence-corrected chi connectivity index (χ4v) is 4.75. The van der Waals surface area contributed by atoms with Crippen LogP contribution < -0.4 is 4.74 Å². The Hall–Kier alpha value is 0.107. The van der Waals surface area contributed by atoms with Gasteiger partial charge in [-0.1, -0.05) is 61.6 Å². The van der Waals surface area contributed by atoms with E-state index in [0.717, 1.165) is 18.4 Å². The van der Waals surface area contributed by atoms with Crippen LogP contribution in [0.25, 0.3) is 0 Å². The lowest BCUT2D eigenvalue weighted by Crippen LogP contribution is -2.06. The smallest absolute Gasteiger partial charge is 0.199 e. The molecule has 0 aromatic heterocycles. The van der Waals surface area contributed by atoms with Crippen molar-refractivity contribution in [3.63, 3.8) is 0 Å². The van der Waals surface area contributed by atoms with E-state index in [1.807, 2.05) is 24.3 Å². The molecule has 0 bridgehead atoms. The number of hydrogen-bond acceptors (Lipinski definition) is 2. The van der Waals surface area contributed by atoms with Crippen LogP contribution in [-0.4, -0.2) is 17.4 Å². The second-order valence-electron chi connectivity index (χ2n) is 6.41. The predicted molar refractivity (Wildman–Crippen MR) is 128 cm³/mol. The first-order valence-electron chi connectivity index (χ1n) is 9.23. The van der Waals surface area contributed by atoms with Crippen molar-refractivity contribution in [2.24, 2.45) is 0 Å². The van der Waals surface area contributed by atoms with Crippen molar-refractivity contribution >= 4 is 60.5 Å². The van der Waals surface area contributed by atoms with Gasteiger partial charge < -0.3 is 4.74 Å². The molecule has 2 nitrogen and oxygen atoms in total. The van der Waals surface area contributed by atoms with E-state index in [2.05, 4.69) is 65.1 Å². The van der Waals surface area contributed by atoms with Crippen LogP contribution in [0.1, 0.15) is 69.2 Å². The summed E-state index contributed by atoms with van der Waals surface area (Å²) in [7, 11) is 0.0425. The maximum atomic E-state index is 12.4. The lowest BCUT2D eigenvalue weighted by atomic mass is 10.0. The monoisotopic (exact) mass is 584 g/mol. The van der Waals surface area contributed by atoms with Crippen molar-refractivity contribution in [3.05, 3.63) is 41.1 Å². The maximum absolute atomic E-state index is 12.4. The molecule has 5 heteroatoms. The van der Waals surface area contributed by atoms with Gasteiger partial charge in [0.25, 0.3) is 0 Å². The Morgan fingerprint density at radius 2 is 1.76 bits per heavy atom. The number of hydrogen-bond donors (Lipinski definition) is 0. The average molecular weight is 584 g/mol. The molecular weight excluding hydrogens is 554 g/mol. The minimum atomic E-state index is 0.0313. The second kappa shape index (κ2) is 14.2. The van der Waals surface area contributed by atoms with Gasteiger partial charge in [-0.3, -0.25) is 4.79 Å². The number of rotatable bonds is 13. The van der Waals surface area contributed by atoms with Crippen LogP contribution in [0, 0.1) is 0 Å². The summed E-state index contributed by atoms with van der Waals surface area (Å²) in [6.45, 7) is 4.42. The number of ketones is 1. The molecule has 1 rings (SSSR count). The van der Waals surface area contributed by atoms with Gasteiger partial charge in [-0.25, -0.2) is 0 Å². The van der Waals surface area contributed by atoms with Crippen LogP contribution in [0.15, 0.2) is 35.5 Å². The molecule has 1 aromatic carbocycles. The zero-order valence-corrected chi connectivity index (χ0v) is 21.1. The number of para-hydroxylation sites is 1. The Kier molecular flexibility index (Phi) is 13.1. The van der Waals surface area contributed by atoms with Crippen LogP contribution in [-0.2, 0) is 0 Å². The number of halogens is 2. The molecular formula is C20H30I2O2Si. The normalized spacial score (nSPS) is 12.3. The molecule has 0 aliphatic carbocycles. The maximum Gasteiger partial charge on any atom is 0.199 e. The van der Waals surface area contributed by atoms with E-state index in [1.165, 1.54) is 31.7 Å². The van der Waals surface area contributed by atoms with Gasteiger partial charge in [-0.05, 0) is 77.6 Å². The van der Waals surface area contributed by atoms with Gasteiger partial charge in [-0.2, -0.15) is 0 Å². The zero-order chi connectivity index (χ0) is 18.5. The predicted octanol–water partition coefficient (Wildman–Crippen LogP) is 6.64. The van der Waals surface area contributed by atoms with E-state index < -0.39 is 0 Å². The number of alkyl halides is 2. The summed E-state index contributed by atoms with van der Waals surface area (Å²) in [6, 6.07) is 9.04. The number of carbonyl (C=O) groups is 1. The van der Waals surface area contributed by atoms with Gasteiger partial charge >= 0.3 is 0 Å². The Balaban J connectivity index is 2.17. The van der Waals surface area contributed by atoms with E-state index in [0.29, 0.717) is 12.2 Å². The first-order chi connectivity index (χ1) is 12.0. The molecule has 0 fully saturated rings. The molecule has 0 heterocycles. The molecule has 0 aliphatic rings. The third kappa shape index (κ3) is 10.7. The molecule has 0 saturated carbocycles.